The van der Waals surface area contributed by atoms with Crippen LogP contribution in [-0.2, 0) is 5.75 Å². The van der Waals surface area contributed by atoms with Crippen LogP contribution in [0.3, 0.4) is 0 Å². The molecule has 2 bridgehead atoms. The number of halogens is 1. The highest BCUT2D eigenvalue weighted by molar-refractivity contribution is 7.98. The van der Waals surface area contributed by atoms with Crippen LogP contribution < -0.4 is 0 Å². The third-order valence-corrected chi connectivity index (χ3v) is 2.81. The van der Waals surface area contributed by atoms with Crippen molar-refractivity contribution in [3.63, 3.8) is 0 Å². The van der Waals surface area contributed by atoms with Gasteiger partial charge in [0.05, 0.1) is 0 Å². The molecule has 3 heteroatoms. The van der Waals surface area contributed by atoms with Crippen molar-refractivity contribution in [2.75, 3.05) is 6.61 Å². The average molecular weight is 203 g/mol. The van der Waals surface area contributed by atoms with E-state index in [0.717, 1.165) is 10.8 Å². The zero-order valence-electron chi connectivity index (χ0n) is 6.88. The molecule has 2 aliphatic heterocycles. The maximum atomic E-state index is 7.57. The smallest absolute Gasteiger partial charge is 0.0457 e. The molecule has 12 heavy (non-hydrogen) atoms. The third-order valence-electron chi connectivity index (χ3n) is 1.42. The van der Waals surface area contributed by atoms with Gasteiger partial charge in [0, 0.05) is 22.3 Å². The number of thioether (sulfide) groups is 1. The van der Waals surface area contributed by atoms with Gasteiger partial charge in [0.2, 0.25) is 0 Å². The molecule has 1 aromatic rings. The van der Waals surface area contributed by atoms with Crippen molar-refractivity contribution in [3.8, 4) is 0 Å². The summed E-state index contributed by atoms with van der Waals surface area (Å²) in [5.41, 5.74) is 1.26. The molecule has 2 heterocycles. The van der Waals surface area contributed by atoms with Crippen LogP contribution in [0.15, 0.2) is 23.1 Å². The standard InChI is InChI=1S/C7H5ClS.C2H6O/c8-7-3-6-2-1-5(7)4-9-6;1-2-3/h1-3H,4H2;3H,2H2,1H3. The van der Waals surface area contributed by atoms with Gasteiger partial charge in [0.25, 0.3) is 0 Å². The highest BCUT2D eigenvalue weighted by Gasteiger charge is 2.08. The van der Waals surface area contributed by atoms with E-state index in [1.165, 1.54) is 10.5 Å². The van der Waals surface area contributed by atoms with Gasteiger partial charge in [-0.3, -0.25) is 0 Å². The van der Waals surface area contributed by atoms with Crippen molar-refractivity contribution in [2.45, 2.75) is 17.6 Å². The van der Waals surface area contributed by atoms with Crippen LogP contribution in [0, 0.1) is 0 Å². The van der Waals surface area contributed by atoms with E-state index in [-0.39, 0.29) is 6.61 Å². The molecule has 0 spiro atoms. The first-order valence-corrected chi connectivity index (χ1v) is 5.16. The van der Waals surface area contributed by atoms with Gasteiger partial charge in [0.15, 0.2) is 0 Å². The Kier molecular flexibility index (Phi) is 3.92. The fraction of sp³-hybridized carbons (Fsp3) is 0.333. The molecule has 0 fully saturated rings. The molecule has 1 N–H and O–H groups in total. The summed E-state index contributed by atoms with van der Waals surface area (Å²) in [6, 6.07) is 6.22. The van der Waals surface area contributed by atoms with E-state index in [4.69, 9.17) is 16.7 Å². The summed E-state index contributed by atoms with van der Waals surface area (Å²) in [6.07, 6.45) is 0. The van der Waals surface area contributed by atoms with Crippen LogP contribution in [0.25, 0.3) is 0 Å². The molecule has 0 radical (unpaired) electrons. The number of hydrogen-bond donors (Lipinski definition) is 1. The molecular weight excluding hydrogens is 192 g/mol. The lowest BCUT2D eigenvalue weighted by molar-refractivity contribution is 0.318. The highest BCUT2D eigenvalue weighted by Crippen LogP contribution is 2.34. The summed E-state index contributed by atoms with van der Waals surface area (Å²) in [6.45, 7) is 1.93. The Morgan fingerprint density at radius 3 is 2.42 bits per heavy atom. The Bertz CT molecular complexity index is 263. The van der Waals surface area contributed by atoms with Gasteiger partial charge >= 0.3 is 0 Å². The van der Waals surface area contributed by atoms with E-state index in [2.05, 4.69) is 12.1 Å². The molecule has 0 aliphatic carbocycles. The van der Waals surface area contributed by atoms with Gasteiger partial charge in [-0.2, -0.15) is 0 Å². The van der Waals surface area contributed by atoms with Gasteiger partial charge < -0.3 is 5.11 Å². The summed E-state index contributed by atoms with van der Waals surface area (Å²) in [5.74, 6) is 1.06. The number of aliphatic hydroxyl groups is 1. The first-order valence-electron chi connectivity index (χ1n) is 3.80. The number of aliphatic hydroxyl groups excluding tert-OH is 1. The quantitative estimate of drug-likeness (QED) is 0.698. The molecule has 0 aromatic heterocycles. The van der Waals surface area contributed by atoms with Gasteiger partial charge in [0.1, 0.15) is 0 Å². The van der Waals surface area contributed by atoms with Gasteiger partial charge in [-0.1, -0.05) is 17.7 Å². The number of rotatable bonds is 0. The number of hydrogen-bond acceptors (Lipinski definition) is 2. The van der Waals surface area contributed by atoms with Crippen molar-refractivity contribution in [3.05, 3.63) is 28.8 Å². The molecule has 3 rings (SSSR count). The van der Waals surface area contributed by atoms with Gasteiger partial charge in [-0.25, -0.2) is 0 Å². The molecule has 0 saturated heterocycles. The predicted octanol–water partition coefficient (Wildman–Crippen LogP) is 2.94. The predicted molar refractivity (Wildman–Crippen MR) is 53.8 cm³/mol. The largest absolute Gasteiger partial charge is 0.397 e. The van der Waals surface area contributed by atoms with E-state index in [9.17, 15) is 0 Å². The normalized spacial score (nSPS) is 12.2. The Morgan fingerprint density at radius 2 is 2.25 bits per heavy atom. The molecule has 1 aromatic carbocycles. The fourth-order valence-corrected chi connectivity index (χ4v) is 2.23. The summed E-state index contributed by atoms with van der Waals surface area (Å²) in [4.78, 5) is 1.29. The molecular formula is C9H11ClOS. The first kappa shape index (κ1) is 9.90. The molecule has 1 nitrogen and oxygen atoms in total. The average Bonchev–Trinajstić information content (AvgIpc) is 2.07. The Balaban J connectivity index is 0.000000213. The first-order chi connectivity index (χ1) is 5.77. The van der Waals surface area contributed by atoms with Crippen molar-refractivity contribution in [1.29, 1.82) is 0 Å². The topological polar surface area (TPSA) is 20.2 Å². The second kappa shape index (κ2) is 4.75. The molecule has 0 unspecified atom stereocenters. The van der Waals surface area contributed by atoms with Crippen LogP contribution in [0.5, 0.6) is 0 Å². The van der Waals surface area contributed by atoms with Crippen molar-refractivity contribution in [1.82, 2.24) is 0 Å². The highest BCUT2D eigenvalue weighted by atomic mass is 35.5. The van der Waals surface area contributed by atoms with Crippen molar-refractivity contribution < 1.29 is 5.11 Å². The lowest BCUT2D eigenvalue weighted by Gasteiger charge is -2.11. The lowest BCUT2D eigenvalue weighted by Crippen LogP contribution is -1.89. The maximum Gasteiger partial charge on any atom is 0.0457 e. The van der Waals surface area contributed by atoms with Crippen LogP contribution in [0.2, 0.25) is 5.02 Å². The van der Waals surface area contributed by atoms with Crippen molar-refractivity contribution >= 4 is 23.4 Å². The molecule has 2 aliphatic rings. The van der Waals surface area contributed by atoms with Gasteiger partial charge in [-0.05, 0) is 24.6 Å². The minimum absolute atomic E-state index is 0.250. The van der Waals surface area contributed by atoms with E-state index in [1.54, 1.807) is 6.92 Å². The molecule has 0 amide bonds. The van der Waals surface area contributed by atoms with E-state index in [1.807, 2.05) is 17.8 Å². The minimum Gasteiger partial charge on any atom is -0.397 e. The van der Waals surface area contributed by atoms with Gasteiger partial charge in [-0.15, -0.1) is 11.8 Å². The molecule has 0 atom stereocenters. The minimum atomic E-state index is 0.250. The van der Waals surface area contributed by atoms with E-state index in [0.29, 0.717) is 0 Å². The zero-order valence-corrected chi connectivity index (χ0v) is 8.45. The Labute approximate surface area is 81.7 Å². The van der Waals surface area contributed by atoms with E-state index < -0.39 is 0 Å². The van der Waals surface area contributed by atoms with Crippen LogP contribution >= 0.6 is 23.4 Å². The van der Waals surface area contributed by atoms with Crippen LogP contribution in [0.1, 0.15) is 12.5 Å². The second-order valence-electron chi connectivity index (χ2n) is 2.36. The number of benzene rings is 1. The van der Waals surface area contributed by atoms with Crippen LogP contribution in [-0.4, -0.2) is 11.7 Å². The summed E-state index contributed by atoms with van der Waals surface area (Å²) in [5, 5.41) is 8.49. The summed E-state index contributed by atoms with van der Waals surface area (Å²) >= 11 is 7.70. The van der Waals surface area contributed by atoms with Crippen molar-refractivity contribution in [2.24, 2.45) is 0 Å². The summed E-state index contributed by atoms with van der Waals surface area (Å²) in [7, 11) is 0. The Hall–Kier alpha value is -0.180. The second-order valence-corrected chi connectivity index (χ2v) is 3.81. The monoisotopic (exact) mass is 202 g/mol. The van der Waals surface area contributed by atoms with E-state index >= 15 is 0 Å². The van der Waals surface area contributed by atoms with Crippen LogP contribution in [0.4, 0.5) is 0 Å². The maximum absolute atomic E-state index is 7.57. The Morgan fingerprint density at radius 1 is 1.58 bits per heavy atom. The SMILES string of the molecule is CCO.Clc1cc2ccc1CS2. The molecule has 66 valence electrons. The summed E-state index contributed by atoms with van der Waals surface area (Å²) < 4.78 is 0. The zero-order chi connectivity index (χ0) is 8.97. The fourth-order valence-electron chi connectivity index (χ4n) is 0.896. The number of fused-ring (bicyclic) bond motifs is 3. The third kappa shape index (κ3) is 2.41. The lowest BCUT2D eigenvalue weighted by atomic mass is 10.2. The molecule has 0 saturated carbocycles.